The van der Waals surface area contributed by atoms with Crippen LogP contribution in [0.5, 0.6) is 11.5 Å². The van der Waals surface area contributed by atoms with E-state index >= 15 is 0 Å². The second-order valence-electron chi connectivity index (χ2n) is 5.80. The molecule has 0 aliphatic heterocycles. The zero-order chi connectivity index (χ0) is 18.4. The van der Waals surface area contributed by atoms with Gasteiger partial charge in [0.25, 0.3) is 5.91 Å². The predicted molar refractivity (Wildman–Crippen MR) is 101 cm³/mol. The van der Waals surface area contributed by atoms with E-state index in [4.69, 9.17) is 32.7 Å². The van der Waals surface area contributed by atoms with Crippen LogP contribution in [0.15, 0.2) is 36.4 Å². The van der Waals surface area contributed by atoms with E-state index in [1.807, 2.05) is 26.0 Å². The van der Waals surface area contributed by atoms with Crippen molar-refractivity contribution >= 4 is 29.1 Å². The second-order valence-corrected chi connectivity index (χ2v) is 6.64. The summed E-state index contributed by atoms with van der Waals surface area (Å²) >= 11 is 11.9. The molecule has 0 aliphatic carbocycles. The van der Waals surface area contributed by atoms with E-state index in [0.29, 0.717) is 28.9 Å². The van der Waals surface area contributed by atoms with Gasteiger partial charge in [0, 0.05) is 5.02 Å². The third kappa shape index (κ3) is 6.15. The lowest BCUT2D eigenvalue weighted by atomic mass is 10.1. The highest BCUT2D eigenvalue weighted by molar-refractivity contribution is 6.35. The van der Waals surface area contributed by atoms with E-state index in [0.717, 1.165) is 16.9 Å². The molecule has 1 amide bonds. The van der Waals surface area contributed by atoms with Gasteiger partial charge in [-0.15, -0.1) is 0 Å². The topological polar surface area (TPSA) is 47.6 Å². The fourth-order valence-corrected chi connectivity index (χ4v) is 2.77. The van der Waals surface area contributed by atoms with Crippen LogP contribution in [0.3, 0.4) is 0 Å². The largest absolute Gasteiger partial charge is 0.492 e. The molecule has 0 aromatic heterocycles. The fraction of sp³-hybridized carbons (Fsp3) is 0.316. The van der Waals surface area contributed by atoms with Gasteiger partial charge in [-0.1, -0.05) is 29.3 Å². The van der Waals surface area contributed by atoms with Crippen LogP contribution in [0.4, 0.5) is 0 Å². The molecule has 0 fully saturated rings. The summed E-state index contributed by atoms with van der Waals surface area (Å²) in [7, 11) is 0. The predicted octanol–water partition coefficient (Wildman–Crippen LogP) is 4.57. The lowest BCUT2D eigenvalue weighted by Gasteiger charge is -2.16. The highest BCUT2D eigenvalue weighted by atomic mass is 35.5. The number of benzene rings is 2. The van der Waals surface area contributed by atoms with Crippen LogP contribution in [0.1, 0.15) is 18.1 Å². The number of halogens is 2. The lowest BCUT2D eigenvalue weighted by Crippen LogP contribution is -2.38. The Hall–Kier alpha value is -1.91. The van der Waals surface area contributed by atoms with Crippen molar-refractivity contribution in [2.45, 2.75) is 26.9 Å². The third-order valence-electron chi connectivity index (χ3n) is 3.43. The van der Waals surface area contributed by atoms with E-state index in [1.165, 1.54) is 0 Å². The molecule has 0 radical (unpaired) electrons. The van der Waals surface area contributed by atoms with E-state index < -0.39 is 6.10 Å². The molecule has 0 spiro atoms. The highest BCUT2D eigenvalue weighted by Gasteiger charge is 2.15. The van der Waals surface area contributed by atoms with Gasteiger partial charge in [0.1, 0.15) is 18.1 Å². The number of hydrogen-bond donors (Lipinski definition) is 1. The van der Waals surface area contributed by atoms with Crippen molar-refractivity contribution in [1.82, 2.24) is 5.32 Å². The molecular weight excluding hydrogens is 361 g/mol. The van der Waals surface area contributed by atoms with Crippen LogP contribution in [-0.4, -0.2) is 25.2 Å². The molecular formula is C19H21Cl2NO3. The van der Waals surface area contributed by atoms with Crippen LogP contribution in [0.25, 0.3) is 0 Å². The fourth-order valence-electron chi connectivity index (χ4n) is 2.32. The van der Waals surface area contributed by atoms with Crippen LogP contribution >= 0.6 is 23.2 Å². The maximum Gasteiger partial charge on any atom is 0.260 e. The first-order valence-corrected chi connectivity index (χ1v) is 8.71. The van der Waals surface area contributed by atoms with Gasteiger partial charge in [-0.05, 0) is 62.2 Å². The molecule has 25 heavy (non-hydrogen) atoms. The number of rotatable bonds is 7. The van der Waals surface area contributed by atoms with E-state index in [-0.39, 0.29) is 5.91 Å². The van der Waals surface area contributed by atoms with Gasteiger partial charge < -0.3 is 14.8 Å². The molecule has 0 saturated carbocycles. The quantitative estimate of drug-likeness (QED) is 0.714. The number of hydrogen-bond acceptors (Lipinski definition) is 3. The molecule has 0 unspecified atom stereocenters. The summed E-state index contributed by atoms with van der Waals surface area (Å²) in [6.07, 6.45) is -0.681. The molecule has 4 nitrogen and oxygen atoms in total. The zero-order valence-electron chi connectivity index (χ0n) is 14.4. The molecule has 134 valence electrons. The van der Waals surface area contributed by atoms with E-state index in [9.17, 15) is 4.79 Å². The summed E-state index contributed by atoms with van der Waals surface area (Å²) in [5.74, 6) is 0.972. The smallest absolute Gasteiger partial charge is 0.260 e. The normalized spacial score (nSPS) is 11.7. The SMILES string of the molecule is Cc1cc(C)cc(OCCNC(=O)[C@@H](C)Oc2ccc(Cl)cc2Cl)c1. The second kappa shape index (κ2) is 8.97. The Labute approximate surface area is 158 Å². The summed E-state index contributed by atoms with van der Waals surface area (Å²) < 4.78 is 11.2. The third-order valence-corrected chi connectivity index (χ3v) is 3.96. The van der Waals surface area contributed by atoms with Crippen LogP contribution in [0, 0.1) is 13.8 Å². The molecule has 0 aliphatic rings. The average Bonchev–Trinajstić information content (AvgIpc) is 2.53. The number of carbonyl (C=O) groups excluding carboxylic acids is 1. The molecule has 0 bridgehead atoms. The van der Waals surface area contributed by atoms with Crippen molar-refractivity contribution in [3.05, 3.63) is 57.6 Å². The summed E-state index contributed by atoms with van der Waals surface area (Å²) in [6, 6.07) is 10.9. The van der Waals surface area contributed by atoms with Crippen LogP contribution in [-0.2, 0) is 4.79 Å². The molecule has 6 heteroatoms. The Bertz CT molecular complexity index is 729. The maximum atomic E-state index is 12.1. The maximum absolute atomic E-state index is 12.1. The van der Waals surface area contributed by atoms with Crippen molar-refractivity contribution in [2.75, 3.05) is 13.2 Å². The van der Waals surface area contributed by atoms with Crippen molar-refractivity contribution < 1.29 is 14.3 Å². The Morgan fingerprint density at radius 1 is 1.12 bits per heavy atom. The van der Waals surface area contributed by atoms with E-state index in [1.54, 1.807) is 25.1 Å². The van der Waals surface area contributed by atoms with Gasteiger partial charge in [0.2, 0.25) is 0 Å². The van der Waals surface area contributed by atoms with Crippen LogP contribution < -0.4 is 14.8 Å². The molecule has 2 aromatic rings. The molecule has 1 N–H and O–H groups in total. The van der Waals surface area contributed by atoms with Crippen LogP contribution in [0.2, 0.25) is 10.0 Å². The first-order chi connectivity index (χ1) is 11.8. The van der Waals surface area contributed by atoms with Crippen molar-refractivity contribution in [3.63, 3.8) is 0 Å². The number of ether oxygens (including phenoxy) is 2. The molecule has 0 saturated heterocycles. The summed E-state index contributed by atoms with van der Waals surface area (Å²) in [5.41, 5.74) is 2.28. The Kier molecular flexibility index (Phi) is 6.97. The van der Waals surface area contributed by atoms with Gasteiger partial charge in [-0.25, -0.2) is 0 Å². The first kappa shape index (κ1) is 19.4. The number of carbonyl (C=O) groups is 1. The summed E-state index contributed by atoms with van der Waals surface area (Å²) in [4.78, 5) is 12.1. The van der Waals surface area contributed by atoms with E-state index in [2.05, 4.69) is 11.4 Å². The standard InChI is InChI=1S/C19H21Cl2NO3/c1-12-8-13(2)10-16(9-12)24-7-6-22-19(23)14(3)25-18-5-4-15(20)11-17(18)21/h4-5,8-11,14H,6-7H2,1-3H3,(H,22,23)/t14-/m1/s1. The summed E-state index contributed by atoms with van der Waals surface area (Å²) in [6.45, 7) is 6.45. The molecule has 0 heterocycles. The Balaban J connectivity index is 1.77. The summed E-state index contributed by atoms with van der Waals surface area (Å²) in [5, 5.41) is 3.65. The van der Waals surface area contributed by atoms with Gasteiger partial charge in [-0.2, -0.15) is 0 Å². The highest BCUT2D eigenvalue weighted by Crippen LogP contribution is 2.28. The van der Waals surface area contributed by atoms with Crippen molar-refractivity contribution in [1.29, 1.82) is 0 Å². The first-order valence-electron chi connectivity index (χ1n) is 7.95. The lowest BCUT2D eigenvalue weighted by molar-refractivity contribution is -0.127. The average molecular weight is 382 g/mol. The zero-order valence-corrected chi connectivity index (χ0v) is 15.9. The van der Waals surface area contributed by atoms with Gasteiger partial charge >= 0.3 is 0 Å². The van der Waals surface area contributed by atoms with Gasteiger partial charge in [0.15, 0.2) is 6.10 Å². The monoisotopic (exact) mass is 381 g/mol. The minimum atomic E-state index is -0.681. The minimum absolute atomic E-state index is 0.241. The van der Waals surface area contributed by atoms with Crippen molar-refractivity contribution in [3.8, 4) is 11.5 Å². The molecule has 1 atom stereocenters. The number of amides is 1. The number of aryl methyl sites for hydroxylation is 2. The van der Waals surface area contributed by atoms with Gasteiger partial charge in [0.05, 0.1) is 11.6 Å². The Morgan fingerprint density at radius 3 is 2.44 bits per heavy atom. The Morgan fingerprint density at radius 2 is 1.80 bits per heavy atom. The molecule has 2 aromatic carbocycles. The van der Waals surface area contributed by atoms with Gasteiger partial charge in [-0.3, -0.25) is 4.79 Å². The minimum Gasteiger partial charge on any atom is -0.492 e. The van der Waals surface area contributed by atoms with Crippen molar-refractivity contribution in [2.24, 2.45) is 0 Å². The number of nitrogens with one attached hydrogen (secondary N) is 1. The molecule has 2 rings (SSSR count).